The van der Waals surface area contributed by atoms with E-state index in [9.17, 15) is 5.26 Å². The summed E-state index contributed by atoms with van der Waals surface area (Å²) in [4.78, 5) is 4.93. The van der Waals surface area contributed by atoms with Crippen LogP contribution in [0.25, 0.3) is 0 Å². The van der Waals surface area contributed by atoms with Gasteiger partial charge in [0.05, 0.1) is 12.1 Å². The van der Waals surface area contributed by atoms with Gasteiger partial charge in [0.15, 0.2) is 0 Å². The standard InChI is InChI=1S/C17H24N4/c18-14-16(19-15-6-7-15)8-9-20-10-12-21(13-11-20)17-4-2-1-3-5-17/h1-5,15-16,19H,6-13H2. The molecular formula is C17H24N4. The fraction of sp³-hybridized carbons (Fsp3) is 0.588. The Morgan fingerprint density at radius 2 is 1.86 bits per heavy atom. The molecule has 1 aliphatic carbocycles. The molecule has 1 saturated heterocycles. The molecule has 2 fully saturated rings. The van der Waals surface area contributed by atoms with Gasteiger partial charge in [-0.3, -0.25) is 10.2 Å². The lowest BCUT2D eigenvalue weighted by molar-refractivity contribution is 0.248. The molecule has 1 saturated carbocycles. The molecule has 0 radical (unpaired) electrons. The normalized spacial score (nSPS) is 21.0. The highest BCUT2D eigenvalue weighted by Gasteiger charge is 2.25. The minimum atomic E-state index is 0.0321. The van der Waals surface area contributed by atoms with Crippen molar-refractivity contribution in [3.8, 4) is 6.07 Å². The minimum absolute atomic E-state index is 0.0321. The van der Waals surface area contributed by atoms with E-state index in [1.54, 1.807) is 0 Å². The number of hydrogen-bond acceptors (Lipinski definition) is 4. The molecule has 0 spiro atoms. The lowest BCUT2D eigenvalue weighted by Crippen LogP contribution is -2.47. The number of nitrogens with one attached hydrogen (secondary N) is 1. The van der Waals surface area contributed by atoms with E-state index >= 15 is 0 Å². The number of benzene rings is 1. The predicted molar refractivity (Wildman–Crippen MR) is 85.3 cm³/mol. The first-order chi connectivity index (χ1) is 10.3. The Hall–Kier alpha value is -1.57. The maximum Gasteiger partial charge on any atom is 0.0967 e. The second kappa shape index (κ2) is 6.93. The van der Waals surface area contributed by atoms with Crippen molar-refractivity contribution in [3.05, 3.63) is 30.3 Å². The number of nitriles is 1. The van der Waals surface area contributed by atoms with Crippen LogP contribution in [0.1, 0.15) is 19.3 Å². The van der Waals surface area contributed by atoms with E-state index in [1.165, 1.54) is 18.5 Å². The summed E-state index contributed by atoms with van der Waals surface area (Å²) in [7, 11) is 0. The predicted octanol–water partition coefficient (Wildman–Crippen LogP) is 1.84. The van der Waals surface area contributed by atoms with Gasteiger partial charge in [0, 0.05) is 44.5 Å². The van der Waals surface area contributed by atoms with Crippen LogP contribution in [-0.2, 0) is 0 Å². The van der Waals surface area contributed by atoms with Crippen LogP contribution in [0.15, 0.2) is 30.3 Å². The van der Waals surface area contributed by atoms with Gasteiger partial charge in [0.25, 0.3) is 0 Å². The summed E-state index contributed by atoms with van der Waals surface area (Å²) in [6.45, 7) is 5.38. The first kappa shape index (κ1) is 14.4. The summed E-state index contributed by atoms with van der Waals surface area (Å²) in [5, 5.41) is 12.6. The highest BCUT2D eigenvalue weighted by Crippen LogP contribution is 2.20. The van der Waals surface area contributed by atoms with Gasteiger partial charge in [-0.15, -0.1) is 0 Å². The Morgan fingerprint density at radius 3 is 2.48 bits per heavy atom. The number of rotatable bonds is 6. The number of anilines is 1. The summed E-state index contributed by atoms with van der Waals surface area (Å²) in [6.07, 6.45) is 3.43. The zero-order chi connectivity index (χ0) is 14.5. The van der Waals surface area contributed by atoms with Crippen molar-refractivity contribution in [1.29, 1.82) is 5.26 Å². The van der Waals surface area contributed by atoms with Crippen LogP contribution in [0.5, 0.6) is 0 Å². The van der Waals surface area contributed by atoms with Crippen LogP contribution in [0.2, 0.25) is 0 Å². The molecule has 1 aliphatic heterocycles. The van der Waals surface area contributed by atoms with Gasteiger partial charge < -0.3 is 4.90 Å². The van der Waals surface area contributed by atoms with E-state index in [-0.39, 0.29) is 6.04 Å². The van der Waals surface area contributed by atoms with E-state index < -0.39 is 0 Å². The fourth-order valence-corrected chi connectivity index (χ4v) is 2.90. The molecule has 1 unspecified atom stereocenters. The average Bonchev–Trinajstić information content (AvgIpc) is 3.37. The topological polar surface area (TPSA) is 42.3 Å². The first-order valence-corrected chi connectivity index (χ1v) is 8.03. The maximum atomic E-state index is 9.18. The number of para-hydroxylation sites is 1. The molecule has 1 aromatic carbocycles. The van der Waals surface area contributed by atoms with Crippen LogP contribution in [0.4, 0.5) is 5.69 Å². The molecule has 0 aromatic heterocycles. The van der Waals surface area contributed by atoms with Gasteiger partial charge in [0.1, 0.15) is 0 Å². The van der Waals surface area contributed by atoms with Crippen LogP contribution < -0.4 is 10.2 Å². The average molecular weight is 284 g/mol. The van der Waals surface area contributed by atoms with Crippen molar-refractivity contribution < 1.29 is 0 Å². The zero-order valence-corrected chi connectivity index (χ0v) is 12.5. The summed E-state index contributed by atoms with van der Waals surface area (Å²) < 4.78 is 0. The Labute approximate surface area is 127 Å². The zero-order valence-electron chi connectivity index (χ0n) is 12.5. The molecule has 2 aliphatic rings. The van der Waals surface area contributed by atoms with Crippen molar-refractivity contribution in [1.82, 2.24) is 10.2 Å². The van der Waals surface area contributed by atoms with Crippen molar-refractivity contribution in [3.63, 3.8) is 0 Å². The van der Waals surface area contributed by atoms with E-state index in [4.69, 9.17) is 0 Å². The number of nitrogens with zero attached hydrogens (tertiary/aromatic N) is 3. The Morgan fingerprint density at radius 1 is 1.14 bits per heavy atom. The molecule has 112 valence electrons. The summed E-state index contributed by atoms with van der Waals surface area (Å²) in [6, 6.07) is 13.7. The molecule has 1 N–H and O–H groups in total. The van der Waals surface area contributed by atoms with Crippen LogP contribution in [0, 0.1) is 11.3 Å². The second-order valence-electron chi connectivity index (χ2n) is 6.08. The third kappa shape index (κ3) is 4.20. The lowest BCUT2D eigenvalue weighted by atomic mass is 10.2. The number of hydrogen-bond donors (Lipinski definition) is 1. The van der Waals surface area contributed by atoms with Gasteiger partial charge in [-0.25, -0.2) is 0 Å². The summed E-state index contributed by atoms with van der Waals surface area (Å²) in [5.74, 6) is 0. The molecular weight excluding hydrogens is 260 g/mol. The van der Waals surface area contributed by atoms with Crippen LogP contribution >= 0.6 is 0 Å². The van der Waals surface area contributed by atoms with Gasteiger partial charge in [0.2, 0.25) is 0 Å². The third-order valence-electron chi connectivity index (χ3n) is 4.40. The van der Waals surface area contributed by atoms with Crippen molar-refractivity contribution in [2.75, 3.05) is 37.6 Å². The van der Waals surface area contributed by atoms with Crippen molar-refractivity contribution in [2.45, 2.75) is 31.3 Å². The molecule has 1 heterocycles. The summed E-state index contributed by atoms with van der Waals surface area (Å²) >= 11 is 0. The summed E-state index contributed by atoms with van der Waals surface area (Å²) in [5.41, 5.74) is 1.32. The number of piperazine rings is 1. The molecule has 4 heteroatoms. The van der Waals surface area contributed by atoms with E-state index in [2.05, 4.69) is 51.5 Å². The van der Waals surface area contributed by atoms with Gasteiger partial charge in [-0.2, -0.15) is 5.26 Å². The van der Waals surface area contributed by atoms with E-state index in [0.717, 1.165) is 39.1 Å². The molecule has 1 atom stereocenters. The monoisotopic (exact) mass is 284 g/mol. The van der Waals surface area contributed by atoms with E-state index in [0.29, 0.717) is 6.04 Å². The smallest absolute Gasteiger partial charge is 0.0967 e. The Balaban J connectivity index is 1.40. The third-order valence-corrected chi connectivity index (χ3v) is 4.40. The Kier molecular flexibility index (Phi) is 4.74. The lowest BCUT2D eigenvalue weighted by Gasteiger charge is -2.36. The highest BCUT2D eigenvalue weighted by atomic mass is 15.3. The van der Waals surface area contributed by atoms with Gasteiger partial charge in [-0.1, -0.05) is 18.2 Å². The fourth-order valence-electron chi connectivity index (χ4n) is 2.90. The van der Waals surface area contributed by atoms with Gasteiger partial charge in [-0.05, 0) is 31.4 Å². The first-order valence-electron chi connectivity index (χ1n) is 8.03. The van der Waals surface area contributed by atoms with E-state index in [1.807, 2.05) is 0 Å². The van der Waals surface area contributed by atoms with Crippen molar-refractivity contribution >= 4 is 5.69 Å². The van der Waals surface area contributed by atoms with Crippen LogP contribution in [0.3, 0.4) is 0 Å². The van der Waals surface area contributed by atoms with Crippen LogP contribution in [-0.4, -0.2) is 49.7 Å². The minimum Gasteiger partial charge on any atom is -0.369 e. The quantitative estimate of drug-likeness (QED) is 0.865. The van der Waals surface area contributed by atoms with Crippen molar-refractivity contribution in [2.24, 2.45) is 0 Å². The molecule has 3 rings (SSSR count). The highest BCUT2D eigenvalue weighted by molar-refractivity contribution is 5.46. The molecule has 21 heavy (non-hydrogen) atoms. The molecule has 0 bridgehead atoms. The van der Waals surface area contributed by atoms with Gasteiger partial charge >= 0.3 is 0 Å². The molecule has 1 aromatic rings. The maximum absolute atomic E-state index is 9.18. The largest absolute Gasteiger partial charge is 0.369 e. The SMILES string of the molecule is N#CC(CCN1CCN(c2ccccc2)CC1)NC1CC1. The molecule has 4 nitrogen and oxygen atoms in total. The molecule has 0 amide bonds. The Bertz CT molecular complexity index is 469. The second-order valence-corrected chi connectivity index (χ2v) is 6.08.